The summed E-state index contributed by atoms with van der Waals surface area (Å²) in [6, 6.07) is 19.7. The van der Waals surface area contributed by atoms with Crippen molar-refractivity contribution < 1.29 is 23.1 Å². The maximum atomic E-state index is 13.6. The van der Waals surface area contributed by atoms with Gasteiger partial charge in [0, 0.05) is 18.3 Å². The van der Waals surface area contributed by atoms with Gasteiger partial charge in [-0.15, -0.1) is 0 Å². The number of hydrogen-bond acceptors (Lipinski definition) is 2. The zero-order valence-corrected chi connectivity index (χ0v) is 15.3. The fourth-order valence-corrected chi connectivity index (χ4v) is 2.97. The summed E-state index contributed by atoms with van der Waals surface area (Å²) in [5.74, 6) is -1.08. The maximum Gasteiger partial charge on any atom is 0.417 e. The highest BCUT2D eigenvalue weighted by Gasteiger charge is 2.33. The van der Waals surface area contributed by atoms with Crippen LogP contribution in [0.4, 0.5) is 18.9 Å². The number of hydrogen-bond donors (Lipinski definition) is 2. The molecule has 0 heterocycles. The van der Waals surface area contributed by atoms with Gasteiger partial charge in [0.25, 0.3) is 0 Å². The number of anilines is 1. The summed E-state index contributed by atoms with van der Waals surface area (Å²) in [6.45, 7) is 0.163. The summed E-state index contributed by atoms with van der Waals surface area (Å²) in [7, 11) is 0. The van der Waals surface area contributed by atoms with E-state index in [1.807, 2.05) is 0 Å². The summed E-state index contributed by atoms with van der Waals surface area (Å²) in [6.07, 6.45) is -2.04. The molecule has 0 spiro atoms. The first kappa shape index (κ1) is 20.2. The lowest BCUT2D eigenvalue weighted by atomic mass is 9.97. The van der Waals surface area contributed by atoms with Gasteiger partial charge >= 0.3 is 12.1 Å². The Kier molecular flexibility index (Phi) is 6.02. The Morgan fingerprint density at radius 2 is 1.66 bits per heavy atom. The Morgan fingerprint density at radius 3 is 2.34 bits per heavy atom. The fourth-order valence-electron chi connectivity index (χ4n) is 2.97. The van der Waals surface area contributed by atoms with Crippen LogP contribution >= 0.6 is 0 Å². The maximum absolute atomic E-state index is 13.6. The van der Waals surface area contributed by atoms with Gasteiger partial charge in [0.1, 0.15) is 0 Å². The molecule has 0 aromatic heterocycles. The van der Waals surface area contributed by atoms with Crippen molar-refractivity contribution in [1.82, 2.24) is 0 Å². The number of rotatable bonds is 6. The molecule has 0 saturated heterocycles. The predicted molar refractivity (Wildman–Crippen MR) is 107 cm³/mol. The molecular weight excluding hydrogens is 379 g/mol. The highest BCUT2D eigenvalue weighted by molar-refractivity contribution is 5.86. The van der Waals surface area contributed by atoms with Crippen molar-refractivity contribution in [1.29, 1.82) is 0 Å². The molecule has 3 nitrogen and oxygen atoms in total. The molecule has 0 bridgehead atoms. The number of halogens is 3. The van der Waals surface area contributed by atoms with E-state index in [0.29, 0.717) is 22.4 Å². The van der Waals surface area contributed by atoms with Gasteiger partial charge in [-0.2, -0.15) is 13.2 Å². The number of benzene rings is 3. The van der Waals surface area contributed by atoms with Crippen molar-refractivity contribution in [2.45, 2.75) is 12.7 Å². The van der Waals surface area contributed by atoms with E-state index in [-0.39, 0.29) is 12.1 Å². The molecule has 148 valence electrons. The smallest absolute Gasteiger partial charge is 0.417 e. The minimum Gasteiger partial charge on any atom is -0.478 e. The molecule has 3 rings (SSSR count). The molecule has 0 radical (unpaired) electrons. The zero-order valence-electron chi connectivity index (χ0n) is 15.3. The van der Waals surface area contributed by atoms with Crippen LogP contribution in [0, 0.1) is 0 Å². The number of nitrogens with one attached hydrogen (secondary N) is 1. The van der Waals surface area contributed by atoms with Crippen molar-refractivity contribution in [3.8, 4) is 11.1 Å². The first-order valence-corrected chi connectivity index (χ1v) is 8.84. The van der Waals surface area contributed by atoms with Crippen LogP contribution in [-0.2, 0) is 17.5 Å². The van der Waals surface area contributed by atoms with Crippen LogP contribution in [0.5, 0.6) is 0 Å². The predicted octanol–water partition coefficient (Wildman–Crippen LogP) is 6.08. The molecule has 0 unspecified atom stereocenters. The van der Waals surface area contributed by atoms with Crippen molar-refractivity contribution in [2.24, 2.45) is 0 Å². The molecule has 6 heteroatoms. The van der Waals surface area contributed by atoms with E-state index in [1.165, 1.54) is 12.1 Å². The second-order valence-corrected chi connectivity index (χ2v) is 6.36. The zero-order chi connectivity index (χ0) is 20.9. The summed E-state index contributed by atoms with van der Waals surface area (Å²) in [5.41, 5.74) is 1.67. The molecule has 3 aromatic rings. The summed E-state index contributed by atoms with van der Waals surface area (Å²) in [4.78, 5) is 10.7. The summed E-state index contributed by atoms with van der Waals surface area (Å²) >= 11 is 0. The lowest BCUT2D eigenvalue weighted by molar-refractivity contribution is -0.137. The fraction of sp³-hybridized carbons (Fsp3) is 0.0870. The number of carbonyl (C=O) groups is 1. The minimum atomic E-state index is -4.48. The van der Waals surface area contributed by atoms with E-state index >= 15 is 0 Å². The van der Waals surface area contributed by atoms with Gasteiger partial charge in [-0.25, -0.2) is 4.79 Å². The van der Waals surface area contributed by atoms with Crippen molar-refractivity contribution in [2.75, 3.05) is 5.32 Å². The first-order chi connectivity index (χ1) is 13.8. The summed E-state index contributed by atoms with van der Waals surface area (Å²) < 4.78 is 40.9. The number of carboxylic acid groups (broad SMARTS) is 1. The quantitative estimate of drug-likeness (QED) is 0.496. The van der Waals surface area contributed by atoms with Gasteiger partial charge in [0.15, 0.2) is 0 Å². The Balaban J connectivity index is 1.87. The monoisotopic (exact) mass is 397 g/mol. The molecule has 0 fully saturated rings. The number of aliphatic carboxylic acids is 1. The second-order valence-electron chi connectivity index (χ2n) is 6.36. The molecular formula is C23H18F3NO2. The van der Waals surface area contributed by atoms with Crippen molar-refractivity contribution >= 4 is 17.7 Å². The molecule has 0 saturated carbocycles. The second kappa shape index (κ2) is 8.65. The van der Waals surface area contributed by atoms with Crippen molar-refractivity contribution in [3.05, 3.63) is 95.6 Å². The van der Waals surface area contributed by atoms with Gasteiger partial charge in [-0.1, -0.05) is 60.7 Å². The Labute approximate surface area is 166 Å². The molecule has 0 aliphatic carbocycles. The molecule has 0 amide bonds. The van der Waals surface area contributed by atoms with Crippen LogP contribution in [-0.4, -0.2) is 11.1 Å². The Bertz CT molecular complexity index is 1030. The first-order valence-electron chi connectivity index (χ1n) is 8.84. The van der Waals surface area contributed by atoms with Gasteiger partial charge < -0.3 is 10.4 Å². The number of carboxylic acids is 1. The molecule has 2 N–H and O–H groups in total. The normalized spacial score (nSPS) is 11.6. The molecule has 0 aliphatic rings. The summed E-state index contributed by atoms with van der Waals surface area (Å²) in [5, 5.41) is 11.9. The Hall–Kier alpha value is -3.54. The molecule has 3 aromatic carbocycles. The highest BCUT2D eigenvalue weighted by atomic mass is 19.4. The molecule has 0 atom stereocenters. The van der Waals surface area contributed by atoms with Crippen LogP contribution in [0.25, 0.3) is 17.2 Å². The average Bonchev–Trinajstić information content (AvgIpc) is 2.71. The van der Waals surface area contributed by atoms with Crippen LogP contribution in [0.2, 0.25) is 0 Å². The molecule has 29 heavy (non-hydrogen) atoms. The van der Waals surface area contributed by atoms with E-state index in [0.717, 1.165) is 12.1 Å². The van der Waals surface area contributed by atoms with E-state index in [4.69, 9.17) is 5.11 Å². The Morgan fingerprint density at radius 1 is 0.966 bits per heavy atom. The number of alkyl halides is 3. The SMILES string of the molecule is O=C(O)/C=C/c1ccccc1NCc1ccc(-c2ccccc2)c(C(F)(F)F)c1. The van der Waals surface area contributed by atoms with Gasteiger partial charge in [-0.05, 0) is 40.5 Å². The standard InChI is InChI=1S/C23H18F3NO2/c24-23(25,26)20-14-16(10-12-19(20)17-6-2-1-3-7-17)15-27-21-9-5-4-8-18(21)11-13-22(28)29/h1-14,27H,15H2,(H,28,29)/b13-11+. The van der Waals surface area contributed by atoms with E-state index in [9.17, 15) is 18.0 Å². The third-order valence-corrected chi connectivity index (χ3v) is 4.32. The van der Waals surface area contributed by atoms with E-state index in [2.05, 4.69) is 5.32 Å². The lowest BCUT2D eigenvalue weighted by Crippen LogP contribution is -2.09. The van der Waals surface area contributed by atoms with Crippen molar-refractivity contribution in [3.63, 3.8) is 0 Å². The third kappa shape index (κ3) is 5.25. The third-order valence-electron chi connectivity index (χ3n) is 4.32. The van der Waals surface area contributed by atoms with E-state index < -0.39 is 17.7 Å². The van der Waals surface area contributed by atoms with Crippen LogP contribution in [0.15, 0.2) is 78.9 Å². The van der Waals surface area contributed by atoms with Crippen LogP contribution < -0.4 is 5.32 Å². The van der Waals surface area contributed by atoms with E-state index in [1.54, 1.807) is 60.7 Å². The van der Waals surface area contributed by atoms with Crippen LogP contribution in [0.3, 0.4) is 0 Å². The van der Waals surface area contributed by atoms with Gasteiger partial charge in [0.2, 0.25) is 0 Å². The number of para-hydroxylation sites is 1. The largest absolute Gasteiger partial charge is 0.478 e. The lowest BCUT2D eigenvalue weighted by Gasteiger charge is -2.16. The minimum absolute atomic E-state index is 0.131. The van der Waals surface area contributed by atoms with Crippen LogP contribution in [0.1, 0.15) is 16.7 Å². The average molecular weight is 397 g/mol. The highest BCUT2D eigenvalue weighted by Crippen LogP contribution is 2.37. The van der Waals surface area contributed by atoms with Gasteiger partial charge in [0.05, 0.1) is 5.56 Å². The topological polar surface area (TPSA) is 49.3 Å². The van der Waals surface area contributed by atoms with Gasteiger partial charge in [-0.3, -0.25) is 0 Å². The molecule has 0 aliphatic heterocycles.